The molecule has 0 fully saturated rings. The number of rotatable bonds is 5. The summed E-state index contributed by atoms with van der Waals surface area (Å²) in [5, 5.41) is 18.7. The molecule has 128 valence electrons. The molecule has 2 N–H and O–H groups in total. The van der Waals surface area contributed by atoms with Crippen molar-refractivity contribution in [2.75, 3.05) is 5.32 Å². The summed E-state index contributed by atoms with van der Waals surface area (Å²) in [5.41, 5.74) is 4.65. The van der Waals surface area contributed by atoms with E-state index in [0.717, 1.165) is 32.7 Å². The minimum absolute atomic E-state index is 0.467. The molecule has 4 aromatic rings. The maximum atomic E-state index is 4.53. The lowest BCUT2D eigenvalue weighted by atomic mass is 10.1. The van der Waals surface area contributed by atoms with E-state index in [-0.39, 0.29) is 0 Å². The van der Waals surface area contributed by atoms with Crippen molar-refractivity contribution in [1.29, 1.82) is 0 Å². The topological polar surface area (TPSA) is 79.4 Å². The molecule has 0 aliphatic heterocycles. The molecule has 0 unspecified atom stereocenters. The number of halogens is 1. The van der Waals surface area contributed by atoms with E-state index in [1.165, 1.54) is 0 Å². The summed E-state index contributed by atoms with van der Waals surface area (Å²) in [4.78, 5) is 4.53. The van der Waals surface area contributed by atoms with Gasteiger partial charge in [-0.05, 0) is 12.1 Å². The minimum atomic E-state index is 0.467. The number of aromatic nitrogens is 5. The van der Waals surface area contributed by atoms with Crippen LogP contribution in [0.3, 0.4) is 0 Å². The first-order valence-electron chi connectivity index (χ1n) is 8.08. The number of benzene rings is 2. The van der Waals surface area contributed by atoms with Crippen molar-refractivity contribution in [3.05, 3.63) is 77.0 Å². The van der Waals surface area contributed by atoms with Crippen LogP contribution in [0.4, 0.5) is 5.95 Å². The van der Waals surface area contributed by atoms with E-state index in [4.69, 9.17) is 0 Å². The number of aromatic amines is 1. The van der Waals surface area contributed by atoms with E-state index < -0.39 is 0 Å². The highest BCUT2D eigenvalue weighted by Gasteiger charge is 2.08. The molecule has 7 heteroatoms. The Balaban J connectivity index is 1.48. The highest BCUT2D eigenvalue weighted by molar-refractivity contribution is 9.10. The summed E-state index contributed by atoms with van der Waals surface area (Å²) in [5.74, 6) is 0.467. The van der Waals surface area contributed by atoms with E-state index in [1.807, 2.05) is 60.7 Å². The van der Waals surface area contributed by atoms with E-state index in [0.29, 0.717) is 12.5 Å². The Kier molecular flexibility index (Phi) is 4.70. The van der Waals surface area contributed by atoms with Gasteiger partial charge in [0.1, 0.15) is 0 Å². The van der Waals surface area contributed by atoms with Crippen molar-refractivity contribution in [3.8, 4) is 22.5 Å². The molecule has 0 spiro atoms. The van der Waals surface area contributed by atoms with Crippen LogP contribution >= 0.6 is 15.9 Å². The third kappa shape index (κ3) is 3.62. The van der Waals surface area contributed by atoms with Gasteiger partial charge < -0.3 is 5.32 Å². The van der Waals surface area contributed by atoms with Crippen molar-refractivity contribution in [2.24, 2.45) is 0 Å². The molecule has 4 rings (SSSR count). The van der Waals surface area contributed by atoms with E-state index in [2.05, 4.69) is 46.6 Å². The van der Waals surface area contributed by atoms with Gasteiger partial charge in [-0.15, -0.1) is 5.10 Å². The van der Waals surface area contributed by atoms with Gasteiger partial charge in [0.2, 0.25) is 5.95 Å². The first-order chi connectivity index (χ1) is 12.8. The molecule has 0 amide bonds. The largest absolute Gasteiger partial charge is 0.347 e. The van der Waals surface area contributed by atoms with Crippen LogP contribution in [0.2, 0.25) is 0 Å². The second kappa shape index (κ2) is 7.45. The zero-order valence-electron chi connectivity index (χ0n) is 13.7. The fraction of sp³-hybridized carbons (Fsp3) is 0.0526. The second-order valence-corrected chi connectivity index (χ2v) is 6.50. The average Bonchev–Trinajstić information content (AvgIpc) is 3.17. The van der Waals surface area contributed by atoms with Gasteiger partial charge in [-0.2, -0.15) is 10.2 Å². The summed E-state index contributed by atoms with van der Waals surface area (Å²) in [6.07, 6.45) is 1.65. The van der Waals surface area contributed by atoms with E-state index in [9.17, 15) is 0 Å². The number of anilines is 1. The van der Waals surface area contributed by atoms with Crippen LogP contribution in [0.25, 0.3) is 22.5 Å². The highest BCUT2D eigenvalue weighted by atomic mass is 79.9. The van der Waals surface area contributed by atoms with Crippen molar-refractivity contribution < 1.29 is 0 Å². The van der Waals surface area contributed by atoms with Crippen LogP contribution in [0.5, 0.6) is 0 Å². The van der Waals surface area contributed by atoms with Gasteiger partial charge in [0.25, 0.3) is 0 Å². The zero-order valence-corrected chi connectivity index (χ0v) is 15.3. The molecule has 26 heavy (non-hydrogen) atoms. The molecule has 2 heterocycles. The van der Waals surface area contributed by atoms with Gasteiger partial charge >= 0.3 is 0 Å². The third-order valence-corrected chi connectivity index (χ3v) is 4.54. The molecule has 0 aliphatic carbocycles. The second-order valence-electron chi connectivity index (χ2n) is 5.64. The number of hydrogen-bond donors (Lipinski definition) is 2. The summed E-state index contributed by atoms with van der Waals surface area (Å²) in [6.45, 7) is 0.529. The Labute approximate surface area is 158 Å². The molecule has 0 bridgehead atoms. The van der Waals surface area contributed by atoms with Crippen LogP contribution in [-0.4, -0.2) is 25.4 Å². The average molecular weight is 407 g/mol. The standard InChI is InChI=1S/C19H15BrN6/c20-16-9-5-4-8-15(16)18-12-22-26-19(23-18)21-11-14-10-17(25-24-14)13-6-2-1-3-7-13/h1-10,12H,11H2,(H,24,25)(H,21,23,26). The van der Waals surface area contributed by atoms with E-state index >= 15 is 0 Å². The summed E-state index contributed by atoms with van der Waals surface area (Å²) >= 11 is 3.54. The Morgan fingerprint density at radius 1 is 0.962 bits per heavy atom. The number of hydrogen-bond acceptors (Lipinski definition) is 5. The van der Waals surface area contributed by atoms with Crippen molar-refractivity contribution in [2.45, 2.75) is 6.54 Å². The van der Waals surface area contributed by atoms with Crippen LogP contribution in [0.1, 0.15) is 5.69 Å². The lowest BCUT2D eigenvalue weighted by Gasteiger charge is -2.06. The fourth-order valence-corrected chi connectivity index (χ4v) is 3.05. The van der Waals surface area contributed by atoms with Gasteiger partial charge in [-0.1, -0.05) is 64.5 Å². The maximum Gasteiger partial charge on any atom is 0.243 e. The fourth-order valence-electron chi connectivity index (χ4n) is 2.56. The van der Waals surface area contributed by atoms with Crippen molar-refractivity contribution >= 4 is 21.9 Å². The molecule has 0 aliphatic rings. The summed E-state index contributed by atoms with van der Waals surface area (Å²) in [6, 6.07) is 19.9. The SMILES string of the molecule is Brc1ccccc1-c1cnnc(NCc2cc(-c3ccccc3)n[nH]2)n1. The highest BCUT2D eigenvalue weighted by Crippen LogP contribution is 2.26. The molecular formula is C19H15BrN6. The quantitative estimate of drug-likeness (QED) is 0.516. The Morgan fingerprint density at radius 2 is 1.77 bits per heavy atom. The molecule has 6 nitrogen and oxygen atoms in total. The first kappa shape index (κ1) is 16.4. The van der Waals surface area contributed by atoms with Gasteiger partial charge in [-0.3, -0.25) is 5.10 Å². The van der Waals surface area contributed by atoms with Gasteiger partial charge in [0.05, 0.1) is 29.8 Å². The molecule has 0 saturated carbocycles. The number of H-pyrrole nitrogens is 1. The summed E-state index contributed by atoms with van der Waals surface area (Å²) < 4.78 is 0.965. The molecular weight excluding hydrogens is 392 g/mol. The maximum absolute atomic E-state index is 4.53. The lowest BCUT2D eigenvalue weighted by molar-refractivity contribution is 0.923. The Hall–Kier alpha value is -3.06. The predicted octanol–water partition coefficient (Wildman–Crippen LogP) is 4.30. The van der Waals surface area contributed by atoms with Crippen molar-refractivity contribution in [1.82, 2.24) is 25.4 Å². The molecule has 2 aromatic heterocycles. The Morgan fingerprint density at radius 3 is 2.62 bits per heavy atom. The van der Waals surface area contributed by atoms with Crippen LogP contribution in [0, 0.1) is 0 Å². The molecule has 0 saturated heterocycles. The molecule has 0 radical (unpaired) electrons. The van der Waals surface area contributed by atoms with Gasteiger partial charge in [0.15, 0.2) is 0 Å². The Bertz CT molecular complexity index is 1020. The van der Waals surface area contributed by atoms with Gasteiger partial charge in [0, 0.05) is 15.6 Å². The third-order valence-electron chi connectivity index (χ3n) is 3.85. The number of nitrogens with one attached hydrogen (secondary N) is 2. The molecule has 2 aromatic carbocycles. The van der Waals surface area contributed by atoms with Gasteiger partial charge in [-0.25, -0.2) is 4.98 Å². The smallest absolute Gasteiger partial charge is 0.243 e. The number of nitrogens with zero attached hydrogens (tertiary/aromatic N) is 4. The van der Waals surface area contributed by atoms with Crippen LogP contribution in [-0.2, 0) is 6.54 Å². The minimum Gasteiger partial charge on any atom is -0.347 e. The molecule has 0 atom stereocenters. The van der Waals surface area contributed by atoms with Crippen LogP contribution < -0.4 is 5.32 Å². The normalized spacial score (nSPS) is 10.7. The predicted molar refractivity (Wildman–Crippen MR) is 104 cm³/mol. The summed E-state index contributed by atoms with van der Waals surface area (Å²) in [7, 11) is 0. The first-order valence-corrected chi connectivity index (χ1v) is 8.87. The van der Waals surface area contributed by atoms with Crippen LogP contribution in [0.15, 0.2) is 71.3 Å². The zero-order chi connectivity index (χ0) is 17.8. The lowest BCUT2D eigenvalue weighted by Crippen LogP contribution is -2.05. The monoisotopic (exact) mass is 406 g/mol. The van der Waals surface area contributed by atoms with Crippen molar-refractivity contribution in [3.63, 3.8) is 0 Å². The van der Waals surface area contributed by atoms with E-state index in [1.54, 1.807) is 6.20 Å².